The summed E-state index contributed by atoms with van der Waals surface area (Å²) in [5, 5.41) is 67.4. The first-order valence-corrected chi connectivity index (χ1v) is 24.9. The summed E-state index contributed by atoms with van der Waals surface area (Å²) in [6, 6.07) is 27.2. The predicted molar refractivity (Wildman–Crippen MR) is 245 cm³/mol. The number of methoxy groups -OCH3 is 2. The van der Waals surface area contributed by atoms with Crippen LogP contribution >= 0.6 is 0 Å². The van der Waals surface area contributed by atoms with Gasteiger partial charge in [-0.25, -0.2) is 0 Å². The van der Waals surface area contributed by atoms with Gasteiger partial charge >= 0.3 is 5.97 Å². The first kappa shape index (κ1) is 52.9. The SMILES string of the molecule is COC(=O)CCCCCO[C@@H]1O[C@H](CO[Si](c2ccccc2)(c2ccccc2)C(C)(C)C)[C@H](O[C@@H]2O[C@@H](C)[C@@H](O)[C@@H](O)[C@@H]2O)[C@H](OCc2ccc(OC)cc2)[C@H]1O[C@H]1O[C@@H](C)[C@@H](O)[C@@H](O)[C@@H]1O. The van der Waals surface area contributed by atoms with Gasteiger partial charge in [-0.2, -0.15) is 0 Å². The minimum absolute atomic E-state index is 0.0471. The molecule has 17 nitrogen and oxygen atoms in total. The summed E-state index contributed by atoms with van der Waals surface area (Å²) in [4.78, 5) is 11.9. The number of carbonyl (C=O) groups is 1. The molecule has 3 saturated heterocycles. The van der Waals surface area contributed by atoms with Crippen molar-refractivity contribution in [3.8, 4) is 5.75 Å². The maximum Gasteiger partial charge on any atom is 0.305 e. The van der Waals surface area contributed by atoms with E-state index in [2.05, 4.69) is 45.0 Å². The molecule has 0 amide bonds. The minimum Gasteiger partial charge on any atom is -0.497 e. The zero-order valence-corrected chi connectivity index (χ0v) is 40.4. The Morgan fingerprint density at radius 3 is 1.66 bits per heavy atom. The van der Waals surface area contributed by atoms with E-state index < -0.39 is 105 Å². The molecule has 0 unspecified atom stereocenters. The van der Waals surface area contributed by atoms with Crippen molar-refractivity contribution in [2.45, 2.75) is 164 Å². The van der Waals surface area contributed by atoms with Gasteiger partial charge in [0.25, 0.3) is 8.32 Å². The number of esters is 1. The summed E-state index contributed by atoms with van der Waals surface area (Å²) in [5.74, 6) is 0.294. The average molecular weight is 959 g/mol. The molecule has 0 aliphatic carbocycles. The maximum atomic E-state index is 11.9. The fraction of sp³-hybridized carbons (Fsp3) is 0.612. The van der Waals surface area contributed by atoms with Crippen molar-refractivity contribution in [1.82, 2.24) is 0 Å². The Morgan fingerprint density at radius 1 is 0.612 bits per heavy atom. The van der Waals surface area contributed by atoms with Crippen LogP contribution < -0.4 is 15.1 Å². The van der Waals surface area contributed by atoms with Crippen molar-refractivity contribution in [2.24, 2.45) is 0 Å². The number of carbonyl (C=O) groups excluding carboxylic acids is 1. The van der Waals surface area contributed by atoms with Gasteiger partial charge in [0.05, 0.1) is 39.6 Å². The van der Waals surface area contributed by atoms with Crippen LogP contribution in [0.2, 0.25) is 5.04 Å². The highest BCUT2D eigenvalue weighted by Gasteiger charge is 2.57. The van der Waals surface area contributed by atoms with E-state index >= 15 is 0 Å². The lowest BCUT2D eigenvalue weighted by Gasteiger charge is -2.51. The van der Waals surface area contributed by atoms with Gasteiger partial charge in [-0.15, -0.1) is 0 Å². The van der Waals surface area contributed by atoms with E-state index in [0.29, 0.717) is 25.0 Å². The molecule has 18 heteroatoms. The highest BCUT2D eigenvalue weighted by molar-refractivity contribution is 6.99. The molecule has 3 heterocycles. The van der Waals surface area contributed by atoms with E-state index in [1.54, 1.807) is 26.2 Å². The number of unbranched alkanes of at least 4 members (excludes halogenated alkanes) is 2. The molecule has 0 saturated carbocycles. The number of benzene rings is 3. The maximum absolute atomic E-state index is 11.9. The Hall–Kier alpha value is -3.41. The zero-order chi connectivity index (χ0) is 48.5. The molecule has 67 heavy (non-hydrogen) atoms. The Bertz CT molecular complexity index is 1900. The van der Waals surface area contributed by atoms with Gasteiger partial charge in [0.1, 0.15) is 66.8 Å². The largest absolute Gasteiger partial charge is 0.497 e. The molecule has 6 rings (SSSR count). The van der Waals surface area contributed by atoms with E-state index in [1.807, 2.05) is 48.5 Å². The van der Waals surface area contributed by atoms with Crippen molar-refractivity contribution in [2.75, 3.05) is 27.4 Å². The molecule has 3 aromatic rings. The molecule has 3 fully saturated rings. The lowest BCUT2D eigenvalue weighted by Crippen LogP contribution is -2.69. The summed E-state index contributed by atoms with van der Waals surface area (Å²) in [6.07, 6.45) is -19.0. The molecule has 3 aliphatic heterocycles. The van der Waals surface area contributed by atoms with Gasteiger partial charge in [-0.05, 0) is 59.8 Å². The highest BCUT2D eigenvalue weighted by Crippen LogP contribution is 2.40. The van der Waals surface area contributed by atoms with Gasteiger partial charge in [0.15, 0.2) is 18.9 Å². The quantitative estimate of drug-likeness (QED) is 0.0541. The summed E-state index contributed by atoms with van der Waals surface area (Å²) < 4.78 is 63.3. The van der Waals surface area contributed by atoms with Crippen LogP contribution in [0.3, 0.4) is 0 Å². The first-order valence-electron chi connectivity index (χ1n) is 23.0. The van der Waals surface area contributed by atoms with Crippen LogP contribution in [0.15, 0.2) is 84.9 Å². The molecular formula is C49H70O17Si. The lowest BCUT2D eigenvalue weighted by molar-refractivity contribution is -0.388. The number of hydrogen-bond donors (Lipinski definition) is 6. The Kier molecular flexibility index (Phi) is 18.9. The lowest BCUT2D eigenvalue weighted by atomic mass is 9.96. The van der Waals surface area contributed by atoms with Crippen LogP contribution in [0.4, 0.5) is 0 Å². The van der Waals surface area contributed by atoms with Gasteiger partial charge in [0.2, 0.25) is 0 Å². The Labute approximate surface area is 393 Å². The van der Waals surface area contributed by atoms with Crippen molar-refractivity contribution < 1.29 is 82.5 Å². The zero-order valence-electron chi connectivity index (χ0n) is 39.4. The summed E-state index contributed by atoms with van der Waals surface area (Å²) >= 11 is 0. The number of rotatable bonds is 20. The van der Waals surface area contributed by atoms with Crippen LogP contribution in [0.25, 0.3) is 0 Å². The fourth-order valence-corrected chi connectivity index (χ4v) is 13.5. The molecule has 372 valence electrons. The molecule has 0 radical (unpaired) electrons. The van der Waals surface area contributed by atoms with Gasteiger partial charge in [-0.3, -0.25) is 4.79 Å². The van der Waals surface area contributed by atoms with Gasteiger partial charge < -0.3 is 77.7 Å². The van der Waals surface area contributed by atoms with Crippen LogP contribution in [-0.2, 0) is 53.7 Å². The highest BCUT2D eigenvalue weighted by atomic mass is 28.4. The predicted octanol–water partition coefficient (Wildman–Crippen LogP) is 2.06. The Balaban J connectivity index is 1.45. The Morgan fingerprint density at radius 2 is 1.15 bits per heavy atom. The van der Waals surface area contributed by atoms with E-state index in [9.17, 15) is 35.4 Å². The summed E-state index contributed by atoms with van der Waals surface area (Å²) in [7, 11) is -0.380. The standard InChI is InChI=1S/C49H70O17Si/c1-29-37(51)39(53)41(55)46(62-29)65-43-35(28-61-67(49(3,4)5,33-17-11-8-12-18-33)34-19-13-9-14-20-34)64-48(59-26-16-10-15-21-36(50)58-7)45(66-47-42(56)40(54)38(52)30(2)63-47)44(43)60-27-31-22-24-32(57-6)25-23-31/h8-9,11-14,17-20,22-25,29-30,35,37-48,51-56H,10,15-16,21,26-28H2,1-7H3/t29-,30-,35+,37+,38+,39+,40+,41-,42-,43-,44-,45+,46-,47+,48+/m0/s1. The third-order valence-corrected chi connectivity index (χ3v) is 17.8. The normalized spacial score (nSPS) is 32.7. The van der Waals surface area contributed by atoms with Crippen molar-refractivity contribution in [3.05, 3.63) is 90.5 Å². The van der Waals surface area contributed by atoms with Crippen LogP contribution in [-0.4, -0.2) is 164 Å². The second-order valence-corrected chi connectivity index (χ2v) is 22.8. The van der Waals surface area contributed by atoms with E-state index in [-0.39, 0.29) is 32.2 Å². The number of aliphatic hydroxyl groups excluding tert-OH is 6. The molecule has 3 aliphatic rings. The van der Waals surface area contributed by atoms with Crippen molar-refractivity contribution >= 4 is 24.7 Å². The van der Waals surface area contributed by atoms with Crippen LogP contribution in [0.1, 0.15) is 65.9 Å². The first-order chi connectivity index (χ1) is 32.0. The second kappa shape index (κ2) is 23.9. The molecule has 0 aromatic heterocycles. The average Bonchev–Trinajstić information content (AvgIpc) is 3.33. The molecule has 0 bridgehead atoms. The minimum atomic E-state index is -3.28. The fourth-order valence-electron chi connectivity index (χ4n) is 8.94. The van der Waals surface area contributed by atoms with Crippen LogP contribution in [0, 0.1) is 0 Å². The third-order valence-electron chi connectivity index (χ3n) is 12.8. The topological polar surface area (TPSA) is 231 Å². The summed E-state index contributed by atoms with van der Waals surface area (Å²) in [5.41, 5.74) is 0.718. The summed E-state index contributed by atoms with van der Waals surface area (Å²) in [6.45, 7) is 9.39. The third kappa shape index (κ3) is 12.5. The van der Waals surface area contributed by atoms with Gasteiger partial charge in [0, 0.05) is 13.0 Å². The molecular weight excluding hydrogens is 889 g/mol. The number of hydrogen-bond acceptors (Lipinski definition) is 17. The number of ether oxygens (including phenoxy) is 9. The van der Waals surface area contributed by atoms with E-state index in [4.69, 9.17) is 47.1 Å². The van der Waals surface area contributed by atoms with E-state index in [0.717, 1.165) is 15.9 Å². The molecule has 6 N–H and O–H groups in total. The molecule has 3 aromatic carbocycles. The second-order valence-electron chi connectivity index (χ2n) is 18.5. The molecule has 15 atom stereocenters. The smallest absolute Gasteiger partial charge is 0.305 e. The van der Waals surface area contributed by atoms with Crippen LogP contribution in [0.5, 0.6) is 5.75 Å². The monoisotopic (exact) mass is 958 g/mol. The molecule has 0 spiro atoms. The van der Waals surface area contributed by atoms with Gasteiger partial charge in [-0.1, -0.05) is 100.0 Å². The number of aliphatic hydroxyl groups is 6. The van der Waals surface area contributed by atoms with Crippen molar-refractivity contribution in [3.63, 3.8) is 0 Å². The van der Waals surface area contributed by atoms with Crippen molar-refractivity contribution in [1.29, 1.82) is 0 Å². The van der Waals surface area contributed by atoms with E-state index in [1.165, 1.54) is 14.0 Å².